The molecule has 0 aromatic carbocycles. The summed E-state index contributed by atoms with van der Waals surface area (Å²) in [6.45, 7) is 4.97. The van der Waals surface area contributed by atoms with Crippen molar-refractivity contribution < 1.29 is 14.7 Å². The molecule has 0 saturated heterocycles. The zero-order valence-corrected chi connectivity index (χ0v) is 15.6. The van der Waals surface area contributed by atoms with Crippen molar-refractivity contribution in [3.05, 3.63) is 28.5 Å². The molecule has 0 aliphatic carbocycles. The molecule has 7 heteroatoms. The number of hydrogen-bond acceptors (Lipinski definition) is 4. The predicted molar refractivity (Wildman–Crippen MR) is 96.4 cm³/mol. The van der Waals surface area contributed by atoms with Gasteiger partial charge in [-0.3, -0.25) is 9.59 Å². The molecule has 0 aliphatic heterocycles. The highest BCUT2D eigenvalue weighted by Gasteiger charge is 2.22. The number of carboxylic acid groups (broad SMARTS) is 1. The van der Waals surface area contributed by atoms with Crippen molar-refractivity contribution in [1.82, 2.24) is 14.8 Å². The molecule has 0 aliphatic rings. The van der Waals surface area contributed by atoms with Gasteiger partial charge in [0.15, 0.2) is 0 Å². The van der Waals surface area contributed by atoms with E-state index >= 15 is 0 Å². The summed E-state index contributed by atoms with van der Waals surface area (Å²) >= 11 is 5.40. The number of hydrogen-bond donors (Lipinski definition) is 2. The van der Waals surface area contributed by atoms with Gasteiger partial charge in [-0.2, -0.15) is 0 Å². The van der Waals surface area contributed by atoms with Gasteiger partial charge in [-0.25, -0.2) is 0 Å². The number of amides is 1. The van der Waals surface area contributed by atoms with E-state index in [1.54, 1.807) is 0 Å². The van der Waals surface area contributed by atoms with Gasteiger partial charge in [-0.1, -0.05) is 32.1 Å². The van der Waals surface area contributed by atoms with Crippen LogP contribution in [0.1, 0.15) is 38.3 Å². The number of rotatable bonds is 9. The molecule has 1 unspecified atom stereocenters. The van der Waals surface area contributed by atoms with Gasteiger partial charge in [-0.05, 0) is 38.1 Å². The first-order valence-electron chi connectivity index (χ1n) is 8.06. The number of carbonyl (C=O) groups excluding carboxylic acids is 1. The first-order valence-corrected chi connectivity index (χ1v) is 8.46. The Balaban J connectivity index is 3.04. The molecule has 1 atom stereocenters. The molecule has 0 spiro atoms. The van der Waals surface area contributed by atoms with Crippen molar-refractivity contribution in [3.8, 4) is 0 Å². The molecular formula is C17H27N3O3S. The van der Waals surface area contributed by atoms with Crippen molar-refractivity contribution in [2.75, 3.05) is 20.6 Å². The molecule has 1 rings (SSSR count). The van der Waals surface area contributed by atoms with Gasteiger partial charge >= 0.3 is 5.97 Å². The highest BCUT2D eigenvalue weighted by Crippen LogP contribution is 2.20. The Morgan fingerprint density at radius 2 is 2.00 bits per heavy atom. The van der Waals surface area contributed by atoms with Crippen molar-refractivity contribution in [2.24, 2.45) is 5.92 Å². The monoisotopic (exact) mass is 353 g/mol. The Morgan fingerprint density at radius 3 is 2.54 bits per heavy atom. The van der Waals surface area contributed by atoms with E-state index in [-0.39, 0.29) is 18.9 Å². The van der Waals surface area contributed by atoms with Crippen LogP contribution in [-0.4, -0.2) is 47.1 Å². The number of pyridine rings is 1. The first-order chi connectivity index (χ1) is 11.2. The van der Waals surface area contributed by atoms with Crippen LogP contribution in [0.25, 0.3) is 0 Å². The van der Waals surface area contributed by atoms with E-state index in [1.807, 2.05) is 55.7 Å². The number of aromatic nitrogens is 1. The van der Waals surface area contributed by atoms with E-state index in [4.69, 9.17) is 17.3 Å². The summed E-state index contributed by atoms with van der Waals surface area (Å²) in [5.41, 5.74) is 1.07. The lowest BCUT2D eigenvalue weighted by Gasteiger charge is -2.23. The topological polar surface area (TPSA) is 74.6 Å². The minimum absolute atomic E-state index is 0.0911. The Labute approximate surface area is 148 Å². The van der Waals surface area contributed by atoms with Crippen LogP contribution < -0.4 is 5.32 Å². The van der Waals surface area contributed by atoms with E-state index in [2.05, 4.69) is 5.32 Å². The molecular weight excluding hydrogens is 326 g/mol. The molecule has 1 heterocycles. The van der Waals surface area contributed by atoms with Crippen LogP contribution >= 0.6 is 12.2 Å². The second kappa shape index (κ2) is 9.54. The normalized spacial score (nSPS) is 12.4. The maximum absolute atomic E-state index is 12.6. The number of carboxylic acids is 1. The SMILES string of the molecule is CC(C)CC(C(=O)NCCC(=O)O)n1cc(CN(C)C)ccc1=S. The predicted octanol–water partition coefficient (Wildman–Crippen LogP) is 2.46. The largest absolute Gasteiger partial charge is 0.481 e. The summed E-state index contributed by atoms with van der Waals surface area (Å²) in [6.07, 6.45) is 2.47. The van der Waals surface area contributed by atoms with Crippen molar-refractivity contribution >= 4 is 24.1 Å². The van der Waals surface area contributed by atoms with Crippen LogP contribution in [0.5, 0.6) is 0 Å². The van der Waals surface area contributed by atoms with Gasteiger partial charge in [0.25, 0.3) is 0 Å². The summed E-state index contributed by atoms with van der Waals surface area (Å²) in [4.78, 5) is 25.2. The summed E-state index contributed by atoms with van der Waals surface area (Å²) < 4.78 is 2.42. The second-order valence-electron chi connectivity index (χ2n) is 6.60. The van der Waals surface area contributed by atoms with Gasteiger partial charge in [0.2, 0.25) is 5.91 Å². The molecule has 0 fully saturated rings. The smallest absolute Gasteiger partial charge is 0.305 e. The highest BCUT2D eigenvalue weighted by atomic mass is 32.1. The lowest BCUT2D eigenvalue weighted by atomic mass is 10.0. The maximum Gasteiger partial charge on any atom is 0.305 e. The summed E-state index contributed by atoms with van der Waals surface area (Å²) in [5, 5.41) is 11.4. The van der Waals surface area contributed by atoms with Crippen molar-refractivity contribution in [3.63, 3.8) is 0 Å². The lowest BCUT2D eigenvalue weighted by Crippen LogP contribution is -2.35. The Hall–Kier alpha value is -1.73. The Morgan fingerprint density at radius 1 is 1.33 bits per heavy atom. The third-order valence-electron chi connectivity index (χ3n) is 3.47. The molecule has 1 aromatic heterocycles. The highest BCUT2D eigenvalue weighted by molar-refractivity contribution is 7.71. The summed E-state index contributed by atoms with van der Waals surface area (Å²) in [7, 11) is 3.96. The fourth-order valence-electron chi connectivity index (χ4n) is 2.46. The fourth-order valence-corrected chi connectivity index (χ4v) is 2.70. The lowest BCUT2D eigenvalue weighted by molar-refractivity contribution is -0.137. The minimum Gasteiger partial charge on any atom is -0.481 e. The Kier molecular flexibility index (Phi) is 8.07. The Bertz CT molecular complexity index is 626. The molecule has 0 bridgehead atoms. The molecule has 1 aromatic rings. The van der Waals surface area contributed by atoms with Crippen LogP contribution in [0.3, 0.4) is 0 Å². The average molecular weight is 353 g/mol. The van der Waals surface area contributed by atoms with E-state index in [0.717, 1.165) is 12.1 Å². The second-order valence-corrected chi connectivity index (χ2v) is 7.02. The maximum atomic E-state index is 12.6. The molecule has 2 N–H and O–H groups in total. The molecule has 0 radical (unpaired) electrons. The first kappa shape index (κ1) is 20.3. The van der Waals surface area contributed by atoms with Gasteiger partial charge in [0.1, 0.15) is 10.7 Å². The molecule has 6 nitrogen and oxygen atoms in total. The summed E-state index contributed by atoms with van der Waals surface area (Å²) in [5.74, 6) is -0.817. The zero-order valence-electron chi connectivity index (χ0n) is 14.8. The van der Waals surface area contributed by atoms with E-state index in [9.17, 15) is 9.59 Å². The zero-order chi connectivity index (χ0) is 18.3. The van der Waals surface area contributed by atoms with Gasteiger partial charge in [0.05, 0.1) is 6.42 Å². The van der Waals surface area contributed by atoms with Crippen LogP contribution in [0.2, 0.25) is 0 Å². The third kappa shape index (κ3) is 6.80. The molecule has 1 amide bonds. The summed E-state index contributed by atoms with van der Waals surface area (Å²) in [6, 6.07) is 3.37. The quantitative estimate of drug-likeness (QED) is 0.667. The number of nitrogens with one attached hydrogen (secondary N) is 1. The molecule has 0 saturated carbocycles. The van der Waals surface area contributed by atoms with E-state index in [1.165, 1.54) is 0 Å². The number of carbonyl (C=O) groups is 2. The van der Waals surface area contributed by atoms with Crippen LogP contribution in [0.15, 0.2) is 18.3 Å². The van der Waals surface area contributed by atoms with Gasteiger partial charge < -0.3 is 19.9 Å². The number of aliphatic carboxylic acids is 1. The number of nitrogens with zero attached hydrogens (tertiary/aromatic N) is 2. The van der Waals surface area contributed by atoms with E-state index in [0.29, 0.717) is 17.0 Å². The van der Waals surface area contributed by atoms with E-state index < -0.39 is 12.0 Å². The van der Waals surface area contributed by atoms with Crippen LogP contribution in [0, 0.1) is 10.6 Å². The van der Waals surface area contributed by atoms with Gasteiger partial charge in [0, 0.05) is 19.3 Å². The molecule has 24 heavy (non-hydrogen) atoms. The minimum atomic E-state index is -0.930. The van der Waals surface area contributed by atoms with Crippen molar-refractivity contribution in [2.45, 2.75) is 39.3 Å². The standard InChI is InChI=1S/C17H27N3O3S/c1-12(2)9-14(17(23)18-8-7-16(21)22)20-11-13(10-19(3)4)5-6-15(20)24/h5-6,11-12,14H,7-10H2,1-4H3,(H,18,23)(H,21,22). The van der Waals surface area contributed by atoms with Crippen LogP contribution in [-0.2, 0) is 16.1 Å². The molecule has 134 valence electrons. The van der Waals surface area contributed by atoms with Crippen LogP contribution in [0.4, 0.5) is 0 Å². The van der Waals surface area contributed by atoms with Gasteiger partial charge in [-0.15, -0.1) is 0 Å². The average Bonchev–Trinajstić information content (AvgIpc) is 2.45. The third-order valence-corrected chi connectivity index (χ3v) is 3.82. The fraction of sp³-hybridized carbons (Fsp3) is 0.588. The van der Waals surface area contributed by atoms with Crippen molar-refractivity contribution in [1.29, 1.82) is 0 Å².